The summed E-state index contributed by atoms with van der Waals surface area (Å²) in [5, 5.41) is 13.9. The first-order valence-electron chi connectivity index (χ1n) is 13.1. The van der Waals surface area contributed by atoms with Crippen LogP contribution in [-0.2, 0) is 14.2 Å². The van der Waals surface area contributed by atoms with Crippen LogP contribution >= 0.6 is 0 Å². The molecule has 6 rings (SSSR count). The molecule has 1 atom stereocenters. The fourth-order valence-electron chi connectivity index (χ4n) is 5.20. The number of ether oxygens (including phenoxy) is 4. The van der Waals surface area contributed by atoms with Gasteiger partial charge in [0.2, 0.25) is 0 Å². The summed E-state index contributed by atoms with van der Waals surface area (Å²) < 4.78 is 24.6. The van der Waals surface area contributed by atoms with Crippen LogP contribution in [0.15, 0.2) is 42.5 Å². The molecule has 2 aromatic carbocycles. The van der Waals surface area contributed by atoms with Crippen LogP contribution < -0.4 is 10.1 Å². The van der Waals surface area contributed by atoms with Gasteiger partial charge in [-0.3, -0.25) is 5.32 Å². The van der Waals surface area contributed by atoms with E-state index >= 15 is 0 Å². The van der Waals surface area contributed by atoms with Crippen LogP contribution in [0.1, 0.15) is 50.6 Å². The second-order valence-corrected chi connectivity index (χ2v) is 10.2. The van der Waals surface area contributed by atoms with Gasteiger partial charge in [-0.25, -0.2) is 4.79 Å². The number of carbonyl (C=O) groups excluding carboxylic acids is 1. The lowest BCUT2D eigenvalue weighted by molar-refractivity contribution is -0.143. The standard InChI is InChI=1S/C29H31N3O5/c1-18(19-5-6-19)36-29(33)31-21-9-7-20(8-10-21)28-26(14-30)25-12-11-23(37-24-15-34-17-35-16-24)13-27(25)32(28)22-3-2-4-22/h7-13,18-19,22,24H,2-6,15-17H2,1H3,(H,31,33). The van der Waals surface area contributed by atoms with Gasteiger partial charge in [0.25, 0.3) is 0 Å². The van der Waals surface area contributed by atoms with Crippen LogP contribution in [0.2, 0.25) is 0 Å². The molecule has 1 saturated heterocycles. The Morgan fingerprint density at radius 1 is 1.11 bits per heavy atom. The van der Waals surface area contributed by atoms with Gasteiger partial charge in [-0.15, -0.1) is 0 Å². The molecule has 8 heteroatoms. The van der Waals surface area contributed by atoms with E-state index in [1.54, 1.807) is 0 Å². The second kappa shape index (κ2) is 10.1. The fraction of sp³-hybridized carbons (Fsp3) is 0.448. The number of benzene rings is 2. The number of carbonyl (C=O) groups is 1. The van der Waals surface area contributed by atoms with Crippen LogP contribution in [0, 0.1) is 17.2 Å². The summed E-state index contributed by atoms with van der Waals surface area (Å²) in [6, 6.07) is 16.3. The van der Waals surface area contributed by atoms with Crippen LogP contribution in [0.4, 0.5) is 10.5 Å². The maximum absolute atomic E-state index is 12.3. The first-order chi connectivity index (χ1) is 18.1. The Morgan fingerprint density at radius 3 is 2.51 bits per heavy atom. The Morgan fingerprint density at radius 2 is 1.86 bits per heavy atom. The third kappa shape index (κ3) is 4.89. The summed E-state index contributed by atoms with van der Waals surface area (Å²) in [6.45, 7) is 3.22. The van der Waals surface area contributed by atoms with E-state index in [-0.39, 0.29) is 12.2 Å². The zero-order valence-corrected chi connectivity index (χ0v) is 20.9. The number of nitrogens with zero attached hydrogens (tertiary/aromatic N) is 2. The lowest BCUT2D eigenvalue weighted by atomic mass is 9.92. The van der Waals surface area contributed by atoms with Crippen LogP contribution in [0.25, 0.3) is 22.2 Å². The number of nitrogens with one attached hydrogen (secondary N) is 1. The Kier molecular flexibility index (Phi) is 6.49. The van der Waals surface area contributed by atoms with Gasteiger partial charge in [-0.2, -0.15) is 5.26 Å². The maximum Gasteiger partial charge on any atom is 0.411 e. The van der Waals surface area contributed by atoms with Gasteiger partial charge in [0, 0.05) is 23.2 Å². The quantitative estimate of drug-likeness (QED) is 0.426. The predicted octanol–water partition coefficient (Wildman–Crippen LogP) is 6.00. The van der Waals surface area contributed by atoms with E-state index in [9.17, 15) is 10.1 Å². The molecule has 1 unspecified atom stereocenters. The van der Waals surface area contributed by atoms with E-state index in [1.165, 1.54) is 6.42 Å². The smallest absolute Gasteiger partial charge is 0.411 e. The van der Waals surface area contributed by atoms with Gasteiger partial charge in [0.15, 0.2) is 0 Å². The van der Waals surface area contributed by atoms with Crippen molar-refractivity contribution in [2.45, 2.75) is 57.3 Å². The number of fused-ring (bicyclic) bond motifs is 1. The highest BCUT2D eigenvalue weighted by atomic mass is 16.7. The van der Waals surface area contributed by atoms with Gasteiger partial charge in [-0.05, 0) is 74.8 Å². The van der Waals surface area contributed by atoms with Crippen molar-refractivity contribution in [2.75, 3.05) is 25.3 Å². The molecule has 1 amide bonds. The third-order valence-corrected chi connectivity index (χ3v) is 7.59. The molecule has 0 spiro atoms. The number of anilines is 1. The van der Waals surface area contributed by atoms with Gasteiger partial charge in [0.1, 0.15) is 30.8 Å². The van der Waals surface area contributed by atoms with E-state index in [0.29, 0.717) is 43.2 Å². The highest BCUT2D eigenvalue weighted by Crippen LogP contribution is 2.43. The number of rotatable bonds is 7. The van der Waals surface area contributed by atoms with Crippen LogP contribution in [0.5, 0.6) is 5.75 Å². The molecule has 3 aromatic rings. The zero-order valence-electron chi connectivity index (χ0n) is 20.9. The molecule has 2 aliphatic carbocycles. The van der Waals surface area contributed by atoms with E-state index < -0.39 is 6.09 Å². The second-order valence-electron chi connectivity index (χ2n) is 10.2. The number of amides is 1. The summed E-state index contributed by atoms with van der Waals surface area (Å²) in [4.78, 5) is 12.3. The van der Waals surface area contributed by atoms with Crippen molar-refractivity contribution < 1.29 is 23.7 Å². The van der Waals surface area contributed by atoms with Gasteiger partial charge in [0.05, 0.1) is 30.0 Å². The Balaban J connectivity index is 1.30. The summed E-state index contributed by atoms with van der Waals surface area (Å²) in [6.07, 6.45) is 4.89. The highest BCUT2D eigenvalue weighted by molar-refractivity contribution is 5.96. The highest BCUT2D eigenvalue weighted by Gasteiger charge is 2.31. The van der Waals surface area contributed by atoms with Gasteiger partial charge >= 0.3 is 6.09 Å². The summed E-state index contributed by atoms with van der Waals surface area (Å²) in [5.74, 6) is 1.22. The minimum absolute atomic E-state index is 0.0670. The third-order valence-electron chi connectivity index (χ3n) is 7.59. The van der Waals surface area contributed by atoms with Crippen LogP contribution in [-0.4, -0.2) is 42.9 Å². The summed E-state index contributed by atoms with van der Waals surface area (Å²) >= 11 is 0. The molecule has 37 heavy (non-hydrogen) atoms. The van der Waals surface area contributed by atoms with Crippen LogP contribution in [0.3, 0.4) is 0 Å². The first-order valence-corrected chi connectivity index (χ1v) is 13.1. The molecule has 8 nitrogen and oxygen atoms in total. The van der Waals surface area contributed by atoms with E-state index in [0.717, 1.165) is 53.6 Å². The molecule has 1 N–H and O–H groups in total. The molecule has 1 aliphatic heterocycles. The van der Waals surface area contributed by atoms with Gasteiger partial charge in [-0.1, -0.05) is 12.1 Å². The summed E-state index contributed by atoms with van der Waals surface area (Å²) in [5.41, 5.74) is 4.14. The van der Waals surface area contributed by atoms with Crippen molar-refractivity contribution in [3.63, 3.8) is 0 Å². The minimum Gasteiger partial charge on any atom is -0.486 e. The molecule has 3 fully saturated rings. The Labute approximate surface area is 216 Å². The Hall–Kier alpha value is -3.54. The lowest BCUT2D eigenvalue weighted by Crippen LogP contribution is -2.33. The molecular weight excluding hydrogens is 470 g/mol. The maximum atomic E-state index is 12.3. The number of nitriles is 1. The van der Waals surface area contributed by atoms with Crippen molar-refractivity contribution in [2.24, 2.45) is 5.92 Å². The molecule has 2 heterocycles. The SMILES string of the molecule is CC(OC(=O)Nc1ccc(-c2c(C#N)c3ccc(OC4COCOC4)cc3n2C2CCC2)cc1)C1CC1. The average Bonchev–Trinajstić information content (AvgIpc) is 3.68. The van der Waals surface area contributed by atoms with Gasteiger partial charge < -0.3 is 23.5 Å². The van der Waals surface area contributed by atoms with Crippen molar-refractivity contribution in [1.82, 2.24) is 4.57 Å². The monoisotopic (exact) mass is 501 g/mol. The average molecular weight is 502 g/mol. The predicted molar refractivity (Wildman–Crippen MR) is 138 cm³/mol. The largest absolute Gasteiger partial charge is 0.486 e. The fourth-order valence-corrected chi connectivity index (χ4v) is 5.20. The minimum atomic E-state index is -0.435. The topological polar surface area (TPSA) is 94.7 Å². The number of aromatic nitrogens is 1. The first kappa shape index (κ1) is 23.8. The Bertz CT molecular complexity index is 1330. The summed E-state index contributed by atoms with van der Waals surface area (Å²) in [7, 11) is 0. The molecular formula is C29H31N3O5. The zero-order chi connectivity index (χ0) is 25.4. The van der Waals surface area contributed by atoms with E-state index in [1.807, 2.05) is 49.4 Å². The van der Waals surface area contributed by atoms with Crippen molar-refractivity contribution >= 4 is 22.7 Å². The molecule has 2 saturated carbocycles. The normalized spacial score (nSPS) is 19.1. The molecule has 3 aliphatic rings. The number of hydrogen-bond donors (Lipinski definition) is 1. The van der Waals surface area contributed by atoms with Crippen molar-refractivity contribution in [3.8, 4) is 23.1 Å². The van der Waals surface area contributed by atoms with E-state index in [2.05, 4.69) is 16.0 Å². The number of hydrogen-bond acceptors (Lipinski definition) is 6. The molecule has 0 bridgehead atoms. The van der Waals surface area contributed by atoms with Crippen molar-refractivity contribution in [3.05, 3.63) is 48.0 Å². The molecule has 0 radical (unpaired) electrons. The molecule has 1 aromatic heterocycles. The lowest BCUT2D eigenvalue weighted by Gasteiger charge is -2.30. The molecule has 192 valence electrons. The van der Waals surface area contributed by atoms with Crippen molar-refractivity contribution in [1.29, 1.82) is 5.26 Å². The van der Waals surface area contributed by atoms with E-state index in [4.69, 9.17) is 18.9 Å².